The van der Waals surface area contributed by atoms with E-state index in [2.05, 4.69) is 5.32 Å². The van der Waals surface area contributed by atoms with Gasteiger partial charge in [0.15, 0.2) is 0 Å². The van der Waals surface area contributed by atoms with E-state index in [9.17, 15) is 19.5 Å². The van der Waals surface area contributed by atoms with Crippen molar-refractivity contribution in [2.45, 2.75) is 44.4 Å². The topological polar surface area (TPSA) is 114 Å². The van der Waals surface area contributed by atoms with Gasteiger partial charge in [0.2, 0.25) is 11.3 Å². The van der Waals surface area contributed by atoms with E-state index in [1.807, 2.05) is 0 Å². The summed E-state index contributed by atoms with van der Waals surface area (Å²) in [5.41, 5.74) is 6.64. The lowest BCUT2D eigenvalue weighted by atomic mass is 9.92. The minimum atomic E-state index is -0.617. The zero-order valence-corrected chi connectivity index (χ0v) is 18.1. The molecule has 0 bridgehead atoms. The smallest absolute Gasteiger partial charge is 0.257 e. The van der Waals surface area contributed by atoms with Gasteiger partial charge in [-0.05, 0) is 42.7 Å². The Balaban J connectivity index is 1.74. The van der Waals surface area contributed by atoms with Crippen molar-refractivity contribution in [3.63, 3.8) is 0 Å². The number of nitrogens with zero attached hydrogens (tertiary/aromatic N) is 1. The summed E-state index contributed by atoms with van der Waals surface area (Å²) < 4.78 is 1.75. The Morgan fingerprint density at radius 1 is 1.12 bits per heavy atom. The number of carbonyl (C=O) groups excluding carboxylic acids is 2. The predicted octanol–water partition coefficient (Wildman–Crippen LogP) is 2.84. The maximum absolute atomic E-state index is 13.1. The van der Waals surface area contributed by atoms with E-state index >= 15 is 0 Å². The Hall–Kier alpha value is -3.16. The number of nitrogens with one attached hydrogen (secondary N) is 1. The fraction of sp³-hybridized carbons (Fsp3) is 0.292. The Morgan fingerprint density at radius 3 is 2.53 bits per heavy atom. The molecule has 166 valence electrons. The fourth-order valence-electron chi connectivity index (χ4n) is 4.20. The first-order chi connectivity index (χ1) is 15.3. The number of aromatic nitrogens is 1. The van der Waals surface area contributed by atoms with E-state index in [1.54, 1.807) is 47.0 Å². The summed E-state index contributed by atoms with van der Waals surface area (Å²) in [6.45, 7) is 0.325. The SMILES string of the molecule is NC(=O)c1ccc(Cn2cc(C(=O)N[C@H]3CCCC[C@@H]3O)c(=O)c3cccc(Cl)c32)cc1. The lowest BCUT2D eigenvalue weighted by molar-refractivity contribution is 0.0716. The van der Waals surface area contributed by atoms with Gasteiger partial charge in [0.25, 0.3) is 5.91 Å². The number of nitrogens with two attached hydrogens (primary N) is 1. The number of hydrogen-bond acceptors (Lipinski definition) is 4. The molecule has 1 saturated carbocycles. The second-order valence-electron chi connectivity index (χ2n) is 8.13. The second kappa shape index (κ2) is 9.14. The second-order valence-corrected chi connectivity index (χ2v) is 8.54. The number of primary amides is 1. The quantitative estimate of drug-likeness (QED) is 0.551. The molecule has 0 radical (unpaired) electrons. The highest BCUT2D eigenvalue weighted by Gasteiger charge is 2.26. The van der Waals surface area contributed by atoms with Crippen molar-refractivity contribution in [1.29, 1.82) is 0 Å². The molecule has 3 aromatic rings. The number of fused-ring (bicyclic) bond motifs is 1. The Morgan fingerprint density at radius 2 is 1.84 bits per heavy atom. The minimum absolute atomic E-state index is 0.00806. The molecule has 4 N–H and O–H groups in total. The molecular formula is C24H24ClN3O4. The van der Waals surface area contributed by atoms with Crippen LogP contribution in [0.15, 0.2) is 53.5 Å². The zero-order valence-electron chi connectivity index (χ0n) is 17.4. The van der Waals surface area contributed by atoms with Crippen molar-refractivity contribution in [1.82, 2.24) is 9.88 Å². The summed E-state index contributed by atoms with van der Waals surface area (Å²) in [7, 11) is 0. The minimum Gasteiger partial charge on any atom is -0.391 e. The van der Waals surface area contributed by atoms with Gasteiger partial charge in [0.1, 0.15) is 5.56 Å². The number of aliphatic hydroxyl groups excluding tert-OH is 1. The Bertz CT molecular complexity index is 1240. The molecule has 0 saturated heterocycles. The molecule has 1 aromatic heterocycles. The summed E-state index contributed by atoms with van der Waals surface area (Å²) in [4.78, 5) is 37.5. The molecule has 1 heterocycles. The molecule has 1 aliphatic rings. The van der Waals surface area contributed by atoms with Crippen molar-refractivity contribution in [2.24, 2.45) is 5.73 Å². The van der Waals surface area contributed by atoms with E-state index in [1.165, 1.54) is 6.20 Å². The van der Waals surface area contributed by atoms with Crippen LogP contribution in [0.4, 0.5) is 0 Å². The van der Waals surface area contributed by atoms with Crippen molar-refractivity contribution < 1.29 is 14.7 Å². The molecule has 0 aliphatic heterocycles. The number of rotatable bonds is 5. The van der Waals surface area contributed by atoms with Gasteiger partial charge in [-0.25, -0.2) is 0 Å². The van der Waals surface area contributed by atoms with Crippen LogP contribution < -0.4 is 16.5 Å². The maximum atomic E-state index is 13.1. The average molecular weight is 454 g/mol. The van der Waals surface area contributed by atoms with E-state index in [0.29, 0.717) is 40.9 Å². The maximum Gasteiger partial charge on any atom is 0.257 e. The van der Waals surface area contributed by atoms with Gasteiger partial charge in [-0.3, -0.25) is 14.4 Å². The third kappa shape index (κ3) is 4.40. The van der Waals surface area contributed by atoms with Crippen LogP contribution in [-0.4, -0.2) is 33.6 Å². The van der Waals surface area contributed by atoms with Gasteiger partial charge in [-0.2, -0.15) is 0 Å². The predicted molar refractivity (Wildman–Crippen MR) is 123 cm³/mol. The van der Waals surface area contributed by atoms with Gasteiger partial charge in [0.05, 0.1) is 22.7 Å². The van der Waals surface area contributed by atoms with Crippen LogP contribution in [0.1, 0.15) is 52.0 Å². The molecule has 7 nitrogen and oxygen atoms in total. The van der Waals surface area contributed by atoms with Crippen molar-refractivity contribution in [3.05, 3.63) is 80.6 Å². The first-order valence-corrected chi connectivity index (χ1v) is 10.9. The summed E-state index contributed by atoms with van der Waals surface area (Å²) in [6, 6.07) is 11.4. The lowest BCUT2D eigenvalue weighted by Crippen LogP contribution is -2.46. The molecule has 2 atom stereocenters. The summed E-state index contributed by atoms with van der Waals surface area (Å²) >= 11 is 6.42. The number of amides is 2. The standard InChI is InChI=1S/C24H24ClN3O4/c25-18-5-3-4-16-21(18)28(12-14-8-10-15(11-9-14)23(26)31)13-17(22(16)30)24(32)27-19-6-1-2-7-20(19)29/h3-5,8-11,13,19-20,29H,1-2,6-7,12H2,(H2,26,31)(H,27,32)/t19-,20-/m0/s1. The highest BCUT2D eigenvalue weighted by atomic mass is 35.5. The van der Waals surface area contributed by atoms with Gasteiger partial charge in [-0.1, -0.05) is 42.6 Å². The van der Waals surface area contributed by atoms with Gasteiger partial charge in [0, 0.05) is 23.7 Å². The molecular weight excluding hydrogens is 430 g/mol. The normalized spacial score (nSPS) is 18.4. The number of hydrogen-bond donors (Lipinski definition) is 3. The lowest BCUT2D eigenvalue weighted by Gasteiger charge is -2.28. The highest BCUT2D eigenvalue weighted by Crippen LogP contribution is 2.24. The zero-order chi connectivity index (χ0) is 22.8. The van der Waals surface area contributed by atoms with Gasteiger partial charge in [-0.15, -0.1) is 0 Å². The van der Waals surface area contributed by atoms with E-state index in [-0.39, 0.29) is 11.6 Å². The van der Waals surface area contributed by atoms with Gasteiger partial charge >= 0.3 is 0 Å². The number of aliphatic hydroxyl groups is 1. The molecule has 1 aliphatic carbocycles. The third-order valence-corrected chi connectivity index (χ3v) is 6.24. The molecule has 4 rings (SSSR count). The molecule has 2 amide bonds. The van der Waals surface area contributed by atoms with E-state index < -0.39 is 23.3 Å². The molecule has 0 spiro atoms. The number of carbonyl (C=O) groups is 2. The third-order valence-electron chi connectivity index (χ3n) is 5.93. The Labute approximate surface area is 189 Å². The average Bonchev–Trinajstić information content (AvgIpc) is 2.77. The van der Waals surface area contributed by atoms with Crippen LogP contribution in [0, 0.1) is 0 Å². The van der Waals surface area contributed by atoms with Crippen molar-refractivity contribution in [3.8, 4) is 0 Å². The first kappa shape index (κ1) is 22.0. The molecule has 32 heavy (non-hydrogen) atoms. The van der Waals surface area contributed by atoms with Crippen LogP contribution >= 0.6 is 11.6 Å². The number of benzene rings is 2. The molecule has 8 heteroatoms. The Kier molecular flexibility index (Phi) is 6.30. The monoisotopic (exact) mass is 453 g/mol. The van der Waals surface area contributed by atoms with Crippen molar-refractivity contribution >= 4 is 34.3 Å². The number of halogens is 1. The highest BCUT2D eigenvalue weighted by molar-refractivity contribution is 6.35. The van der Waals surface area contributed by atoms with Crippen LogP contribution in [0.25, 0.3) is 10.9 Å². The number of para-hydroxylation sites is 1. The van der Waals surface area contributed by atoms with Crippen LogP contribution in [-0.2, 0) is 6.54 Å². The van der Waals surface area contributed by atoms with E-state index in [0.717, 1.165) is 18.4 Å². The van der Waals surface area contributed by atoms with E-state index in [4.69, 9.17) is 17.3 Å². The molecule has 2 aromatic carbocycles. The van der Waals surface area contributed by atoms with Crippen LogP contribution in [0.2, 0.25) is 5.02 Å². The first-order valence-electron chi connectivity index (χ1n) is 10.5. The largest absolute Gasteiger partial charge is 0.391 e. The molecule has 1 fully saturated rings. The van der Waals surface area contributed by atoms with Crippen LogP contribution in [0.5, 0.6) is 0 Å². The van der Waals surface area contributed by atoms with Gasteiger partial charge < -0.3 is 20.7 Å². The number of pyridine rings is 1. The summed E-state index contributed by atoms with van der Waals surface area (Å²) in [5.74, 6) is -1.03. The fourth-order valence-corrected chi connectivity index (χ4v) is 4.48. The molecule has 0 unspecified atom stereocenters. The summed E-state index contributed by atoms with van der Waals surface area (Å²) in [6.07, 6.45) is 4.03. The summed E-state index contributed by atoms with van der Waals surface area (Å²) in [5, 5.41) is 13.8. The van der Waals surface area contributed by atoms with Crippen molar-refractivity contribution in [2.75, 3.05) is 0 Å². The van der Waals surface area contributed by atoms with Crippen LogP contribution in [0.3, 0.4) is 0 Å².